The van der Waals surface area contributed by atoms with Gasteiger partial charge in [0, 0.05) is 19.1 Å². The van der Waals surface area contributed by atoms with Crippen LogP contribution in [0.2, 0.25) is 0 Å². The fourth-order valence-corrected chi connectivity index (χ4v) is 3.21. The van der Waals surface area contributed by atoms with E-state index in [1.54, 1.807) is 0 Å². The average molecular weight is 197 g/mol. The Bertz CT molecular complexity index is 183. The minimum absolute atomic E-state index is 0.0468. The molecule has 14 heavy (non-hydrogen) atoms. The Morgan fingerprint density at radius 1 is 1.21 bits per heavy atom. The molecule has 0 aromatic rings. The normalized spacial score (nSPS) is 40.3. The molecular formula is C12H23NO. The first-order chi connectivity index (χ1) is 6.81. The summed E-state index contributed by atoms with van der Waals surface area (Å²) in [5, 5.41) is 9.55. The molecule has 1 saturated carbocycles. The number of rotatable bonds is 2. The Morgan fingerprint density at radius 2 is 2.00 bits per heavy atom. The molecule has 0 amide bonds. The minimum atomic E-state index is -0.0468. The summed E-state index contributed by atoms with van der Waals surface area (Å²) < 4.78 is 0. The van der Waals surface area contributed by atoms with E-state index in [-0.39, 0.29) is 6.10 Å². The van der Waals surface area contributed by atoms with E-state index >= 15 is 0 Å². The average Bonchev–Trinajstić information content (AvgIpc) is 2.65. The van der Waals surface area contributed by atoms with Crippen LogP contribution in [0, 0.1) is 5.92 Å². The molecule has 1 heterocycles. The zero-order chi connectivity index (χ0) is 9.97. The highest BCUT2D eigenvalue weighted by atomic mass is 16.3. The first kappa shape index (κ1) is 10.4. The molecule has 2 heteroatoms. The van der Waals surface area contributed by atoms with Gasteiger partial charge < -0.3 is 5.11 Å². The van der Waals surface area contributed by atoms with Gasteiger partial charge in [0.05, 0.1) is 6.10 Å². The summed E-state index contributed by atoms with van der Waals surface area (Å²) in [6.07, 6.45) is 7.86. The highest BCUT2D eigenvalue weighted by Crippen LogP contribution is 2.32. The van der Waals surface area contributed by atoms with Crippen molar-refractivity contribution < 1.29 is 5.11 Å². The second kappa shape index (κ2) is 4.63. The molecule has 1 saturated heterocycles. The molecule has 0 bridgehead atoms. The summed E-state index contributed by atoms with van der Waals surface area (Å²) in [5.74, 6) is 0.897. The highest BCUT2D eigenvalue weighted by Gasteiger charge is 2.32. The number of likely N-dealkylation sites (tertiary alicyclic amines) is 1. The summed E-state index contributed by atoms with van der Waals surface area (Å²) in [6.45, 7) is 4.37. The van der Waals surface area contributed by atoms with Gasteiger partial charge in [-0.1, -0.05) is 26.2 Å². The maximum Gasteiger partial charge on any atom is 0.0679 e. The van der Waals surface area contributed by atoms with Crippen LogP contribution in [0.4, 0.5) is 0 Å². The van der Waals surface area contributed by atoms with Crippen molar-refractivity contribution >= 4 is 0 Å². The van der Waals surface area contributed by atoms with Crippen molar-refractivity contribution in [2.75, 3.05) is 13.1 Å². The van der Waals surface area contributed by atoms with Gasteiger partial charge in [-0.3, -0.25) is 4.90 Å². The lowest BCUT2D eigenvalue weighted by molar-refractivity contribution is 0.103. The standard InChI is InChI=1S/C12H23NO/c1-2-10-5-3-4-6-12(10)13-8-7-11(14)9-13/h10-12,14H,2-9H2,1H3. The van der Waals surface area contributed by atoms with Gasteiger partial charge in [0.1, 0.15) is 0 Å². The number of aliphatic hydroxyl groups is 1. The van der Waals surface area contributed by atoms with E-state index in [0.29, 0.717) is 0 Å². The quantitative estimate of drug-likeness (QED) is 0.732. The SMILES string of the molecule is CCC1CCCCC1N1CCC(O)C1. The maximum absolute atomic E-state index is 9.55. The fraction of sp³-hybridized carbons (Fsp3) is 1.00. The smallest absolute Gasteiger partial charge is 0.0679 e. The minimum Gasteiger partial charge on any atom is -0.392 e. The van der Waals surface area contributed by atoms with Crippen LogP contribution < -0.4 is 0 Å². The van der Waals surface area contributed by atoms with Crippen LogP contribution in [0.1, 0.15) is 45.4 Å². The van der Waals surface area contributed by atoms with Crippen LogP contribution in [-0.2, 0) is 0 Å². The third-order valence-corrected chi connectivity index (χ3v) is 4.06. The van der Waals surface area contributed by atoms with Gasteiger partial charge in [-0.2, -0.15) is 0 Å². The molecule has 0 aromatic carbocycles. The molecule has 3 atom stereocenters. The lowest BCUT2D eigenvalue weighted by atomic mass is 9.82. The summed E-state index contributed by atoms with van der Waals surface area (Å²) in [4.78, 5) is 2.54. The second-order valence-corrected chi connectivity index (χ2v) is 4.96. The van der Waals surface area contributed by atoms with E-state index in [1.807, 2.05) is 0 Å². The predicted octanol–water partition coefficient (Wildman–Crippen LogP) is 2.02. The Hall–Kier alpha value is -0.0800. The molecule has 82 valence electrons. The second-order valence-electron chi connectivity index (χ2n) is 4.96. The van der Waals surface area contributed by atoms with Gasteiger partial charge in [0.25, 0.3) is 0 Å². The summed E-state index contributed by atoms with van der Waals surface area (Å²) in [5.41, 5.74) is 0. The maximum atomic E-state index is 9.55. The largest absolute Gasteiger partial charge is 0.392 e. The van der Waals surface area contributed by atoms with Gasteiger partial charge in [0.2, 0.25) is 0 Å². The van der Waals surface area contributed by atoms with E-state index in [2.05, 4.69) is 11.8 Å². The third kappa shape index (κ3) is 2.12. The number of β-amino-alcohol motifs (C(OH)–C–C–N with tert-alkyl or cyclic N) is 1. The summed E-state index contributed by atoms with van der Waals surface area (Å²) in [6, 6.07) is 0.783. The summed E-state index contributed by atoms with van der Waals surface area (Å²) >= 11 is 0. The van der Waals surface area contributed by atoms with E-state index in [4.69, 9.17) is 0 Å². The van der Waals surface area contributed by atoms with Crippen molar-refractivity contribution in [3.63, 3.8) is 0 Å². The Kier molecular flexibility index (Phi) is 3.45. The van der Waals surface area contributed by atoms with Crippen LogP contribution in [0.5, 0.6) is 0 Å². The van der Waals surface area contributed by atoms with Gasteiger partial charge in [0.15, 0.2) is 0 Å². The van der Waals surface area contributed by atoms with Crippen molar-refractivity contribution in [2.45, 2.75) is 57.6 Å². The van der Waals surface area contributed by atoms with E-state index in [1.165, 1.54) is 32.1 Å². The van der Waals surface area contributed by atoms with Crippen molar-refractivity contribution in [3.8, 4) is 0 Å². The molecule has 2 nitrogen and oxygen atoms in total. The monoisotopic (exact) mass is 197 g/mol. The van der Waals surface area contributed by atoms with Crippen molar-refractivity contribution in [2.24, 2.45) is 5.92 Å². The summed E-state index contributed by atoms with van der Waals surface area (Å²) in [7, 11) is 0. The van der Waals surface area contributed by atoms with Crippen molar-refractivity contribution in [1.29, 1.82) is 0 Å². The molecule has 0 radical (unpaired) electrons. The number of hydrogen-bond acceptors (Lipinski definition) is 2. The first-order valence-corrected chi connectivity index (χ1v) is 6.23. The Labute approximate surface area is 87.3 Å². The lowest BCUT2D eigenvalue weighted by Gasteiger charge is -2.37. The van der Waals surface area contributed by atoms with E-state index in [9.17, 15) is 5.11 Å². The third-order valence-electron chi connectivity index (χ3n) is 4.06. The number of aliphatic hydroxyl groups excluding tert-OH is 1. The zero-order valence-electron chi connectivity index (χ0n) is 9.28. The van der Waals surface area contributed by atoms with Gasteiger partial charge in [-0.05, 0) is 25.2 Å². The van der Waals surface area contributed by atoms with Crippen LogP contribution in [0.25, 0.3) is 0 Å². The Balaban J connectivity index is 1.93. The lowest BCUT2D eigenvalue weighted by Crippen LogP contribution is -2.41. The zero-order valence-corrected chi connectivity index (χ0v) is 9.28. The molecular weight excluding hydrogens is 174 g/mol. The molecule has 2 rings (SSSR count). The molecule has 1 aliphatic carbocycles. The first-order valence-electron chi connectivity index (χ1n) is 6.23. The molecule has 2 aliphatic rings. The number of nitrogens with zero attached hydrogens (tertiary/aromatic N) is 1. The molecule has 2 fully saturated rings. The van der Waals surface area contributed by atoms with Crippen LogP contribution >= 0.6 is 0 Å². The molecule has 0 spiro atoms. The van der Waals surface area contributed by atoms with Crippen LogP contribution in [0.3, 0.4) is 0 Å². The molecule has 0 aromatic heterocycles. The predicted molar refractivity (Wildman–Crippen MR) is 58.2 cm³/mol. The van der Waals surface area contributed by atoms with Crippen LogP contribution in [0.15, 0.2) is 0 Å². The van der Waals surface area contributed by atoms with Gasteiger partial charge in [-0.15, -0.1) is 0 Å². The van der Waals surface area contributed by atoms with E-state index in [0.717, 1.165) is 31.5 Å². The topological polar surface area (TPSA) is 23.5 Å². The van der Waals surface area contributed by atoms with Gasteiger partial charge >= 0.3 is 0 Å². The van der Waals surface area contributed by atoms with Crippen molar-refractivity contribution in [3.05, 3.63) is 0 Å². The molecule has 3 unspecified atom stereocenters. The van der Waals surface area contributed by atoms with Gasteiger partial charge in [-0.25, -0.2) is 0 Å². The van der Waals surface area contributed by atoms with Crippen LogP contribution in [-0.4, -0.2) is 35.2 Å². The molecule has 1 N–H and O–H groups in total. The van der Waals surface area contributed by atoms with E-state index < -0.39 is 0 Å². The highest BCUT2D eigenvalue weighted by molar-refractivity contribution is 4.87. The molecule has 1 aliphatic heterocycles. The fourth-order valence-electron chi connectivity index (χ4n) is 3.21. The number of hydrogen-bond donors (Lipinski definition) is 1. The van der Waals surface area contributed by atoms with Crippen molar-refractivity contribution in [1.82, 2.24) is 4.90 Å². The Morgan fingerprint density at radius 3 is 2.64 bits per heavy atom.